The Bertz CT molecular complexity index is 1090. The van der Waals surface area contributed by atoms with Gasteiger partial charge in [-0.1, -0.05) is 31.5 Å². The van der Waals surface area contributed by atoms with E-state index in [0.29, 0.717) is 34.6 Å². The third kappa shape index (κ3) is 7.83. The van der Waals surface area contributed by atoms with E-state index in [2.05, 4.69) is 31.2 Å². The van der Waals surface area contributed by atoms with Crippen LogP contribution in [0.15, 0.2) is 50.9 Å². The third-order valence-electron chi connectivity index (χ3n) is 4.58. The highest BCUT2D eigenvalue weighted by atomic mass is 79.9. The molecule has 0 spiro atoms. The molecule has 180 valence electrons. The summed E-state index contributed by atoms with van der Waals surface area (Å²) in [5.41, 5.74) is 4.04. The Hall–Kier alpha value is -2.43. The molecule has 1 atom stereocenters. The summed E-state index contributed by atoms with van der Waals surface area (Å²) in [4.78, 5) is 12.9. The first-order valence-corrected chi connectivity index (χ1v) is 12.8. The lowest BCUT2D eigenvalue weighted by Gasteiger charge is -2.19. The standard InChI is InChI=1S/C23H30BrN3O5S/c1-6-32-21-13-17(12-19(24)22(21)31-5)14-25-26-23(28)20(11-15(2)3)27-33(29,30)18-9-7-16(4)8-10-18/h7-10,12-15,20,27H,6,11H2,1-5H3,(H,26,28)/b25-14-/t20-/m1/s1. The molecule has 0 aliphatic carbocycles. The quantitative estimate of drug-likeness (QED) is 0.331. The number of hydrazone groups is 1. The number of amides is 1. The zero-order chi connectivity index (χ0) is 24.6. The van der Waals surface area contributed by atoms with Crippen molar-refractivity contribution in [3.8, 4) is 11.5 Å². The summed E-state index contributed by atoms with van der Waals surface area (Å²) in [5, 5.41) is 4.01. The number of carbonyl (C=O) groups excluding carboxylic acids is 1. The number of methoxy groups -OCH3 is 1. The van der Waals surface area contributed by atoms with Crippen molar-refractivity contribution in [2.75, 3.05) is 13.7 Å². The monoisotopic (exact) mass is 539 g/mol. The fourth-order valence-corrected chi connectivity index (χ4v) is 4.85. The summed E-state index contributed by atoms with van der Waals surface area (Å²) in [6, 6.07) is 8.96. The van der Waals surface area contributed by atoms with Gasteiger partial charge in [0.05, 0.1) is 29.3 Å². The zero-order valence-electron chi connectivity index (χ0n) is 19.4. The summed E-state index contributed by atoms with van der Waals surface area (Å²) in [7, 11) is -2.32. The predicted molar refractivity (Wildman–Crippen MR) is 132 cm³/mol. The summed E-state index contributed by atoms with van der Waals surface area (Å²) < 4.78 is 39.6. The molecule has 0 unspecified atom stereocenters. The molecule has 0 heterocycles. The van der Waals surface area contributed by atoms with Crippen LogP contribution in [0.4, 0.5) is 0 Å². The van der Waals surface area contributed by atoms with Gasteiger partial charge in [-0.25, -0.2) is 13.8 Å². The number of sulfonamides is 1. The second-order valence-electron chi connectivity index (χ2n) is 7.82. The molecular formula is C23H30BrN3O5S. The van der Waals surface area contributed by atoms with Crippen molar-refractivity contribution in [3.05, 3.63) is 52.0 Å². The molecule has 0 aliphatic rings. The van der Waals surface area contributed by atoms with E-state index in [1.807, 2.05) is 27.7 Å². The summed E-state index contributed by atoms with van der Waals surface area (Å²) in [6.07, 6.45) is 1.76. The molecule has 0 radical (unpaired) electrons. The highest BCUT2D eigenvalue weighted by molar-refractivity contribution is 9.10. The number of carbonyl (C=O) groups is 1. The van der Waals surface area contributed by atoms with E-state index in [0.717, 1.165) is 5.56 Å². The Morgan fingerprint density at radius 1 is 1.21 bits per heavy atom. The SMILES string of the molecule is CCOc1cc(/C=N\NC(=O)[C@@H](CC(C)C)NS(=O)(=O)c2ccc(C)cc2)cc(Br)c1OC. The van der Waals surface area contributed by atoms with Gasteiger partial charge in [-0.15, -0.1) is 0 Å². The molecule has 0 bridgehead atoms. The minimum atomic E-state index is -3.87. The Balaban J connectivity index is 2.17. The number of hydrogen-bond donors (Lipinski definition) is 2. The van der Waals surface area contributed by atoms with Gasteiger partial charge in [-0.3, -0.25) is 4.79 Å². The molecular weight excluding hydrogens is 510 g/mol. The topological polar surface area (TPSA) is 106 Å². The van der Waals surface area contributed by atoms with Crippen LogP contribution in [0.2, 0.25) is 0 Å². The summed E-state index contributed by atoms with van der Waals surface area (Å²) >= 11 is 3.43. The van der Waals surface area contributed by atoms with Crippen LogP contribution in [0.3, 0.4) is 0 Å². The van der Waals surface area contributed by atoms with Crippen molar-refractivity contribution in [1.82, 2.24) is 10.1 Å². The number of rotatable bonds is 11. The number of ether oxygens (including phenoxy) is 2. The average Bonchev–Trinajstić information content (AvgIpc) is 2.73. The van der Waals surface area contributed by atoms with Crippen molar-refractivity contribution in [2.45, 2.75) is 45.1 Å². The molecule has 1 amide bonds. The van der Waals surface area contributed by atoms with Crippen molar-refractivity contribution in [2.24, 2.45) is 11.0 Å². The van der Waals surface area contributed by atoms with Gasteiger partial charge in [0.15, 0.2) is 11.5 Å². The molecule has 2 N–H and O–H groups in total. The number of nitrogens with zero attached hydrogens (tertiary/aromatic N) is 1. The van der Waals surface area contributed by atoms with Crippen LogP contribution in [-0.4, -0.2) is 40.3 Å². The molecule has 10 heteroatoms. The van der Waals surface area contributed by atoms with E-state index >= 15 is 0 Å². The summed E-state index contributed by atoms with van der Waals surface area (Å²) in [5.74, 6) is 0.622. The second-order valence-corrected chi connectivity index (χ2v) is 10.4. The Morgan fingerprint density at radius 3 is 2.45 bits per heavy atom. The van der Waals surface area contributed by atoms with Crippen LogP contribution in [0.5, 0.6) is 11.5 Å². The Kier molecular flexibility index (Phi) is 9.87. The van der Waals surface area contributed by atoms with Crippen LogP contribution < -0.4 is 19.6 Å². The van der Waals surface area contributed by atoms with Crippen molar-refractivity contribution < 1.29 is 22.7 Å². The minimum Gasteiger partial charge on any atom is -0.492 e. The summed E-state index contributed by atoms with van der Waals surface area (Å²) in [6.45, 7) is 8.01. The van der Waals surface area contributed by atoms with Crippen LogP contribution in [0, 0.1) is 12.8 Å². The molecule has 2 aromatic carbocycles. The fraction of sp³-hybridized carbons (Fsp3) is 0.391. The van der Waals surface area contributed by atoms with Gasteiger partial charge in [0.2, 0.25) is 10.0 Å². The molecule has 0 aliphatic heterocycles. The van der Waals surface area contributed by atoms with Gasteiger partial charge in [0, 0.05) is 0 Å². The fourth-order valence-electron chi connectivity index (χ4n) is 3.02. The molecule has 0 saturated carbocycles. The number of benzene rings is 2. The number of nitrogens with one attached hydrogen (secondary N) is 2. The molecule has 0 saturated heterocycles. The van der Waals surface area contributed by atoms with E-state index in [4.69, 9.17) is 9.47 Å². The first-order chi connectivity index (χ1) is 15.6. The smallest absolute Gasteiger partial charge is 0.258 e. The maximum Gasteiger partial charge on any atom is 0.258 e. The molecule has 0 fully saturated rings. The van der Waals surface area contributed by atoms with Crippen LogP contribution >= 0.6 is 15.9 Å². The van der Waals surface area contributed by atoms with Crippen molar-refractivity contribution in [1.29, 1.82) is 0 Å². The molecule has 33 heavy (non-hydrogen) atoms. The predicted octanol–water partition coefficient (Wildman–Crippen LogP) is 4.01. The van der Waals surface area contributed by atoms with E-state index < -0.39 is 22.0 Å². The minimum absolute atomic E-state index is 0.0803. The van der Waals surface area contributed by atoms with Crippen LogP contribution in [0.1, 0.15) is 38.3 Å². The van der Waals surface area contributed by atoms with E-state index in [9.17, 15) is 13.2 Å². The average molecular weight is 540 g/mol. The number of aryl methyl sites for hydroxylation is 1. The first kappa shape index (κ1) is 26.8. The Morgan fingerprint density at radius 2 is 1.88 bits per heavy atom. The molecule has 0 aromatic heterocycles. The van der Waals surface area contributed by atoms with Gasteiger partial charge in [0.25, 0.3) is 5.91 Å². The van der Waals surface area contributed by atoms with Gasteiger partial charge < -0.3 is 9.47 Å². The lowest BCUT2D eigenvalue weighted by atomic mass is 10.0. The van der Waals surface area contributed by atoms with Gasteiger partial charge in [-0.05, 0) is 71.9 Å². The van der Waals surface area contributed by atoms with E-state index in [-0.39, 0.29) is 10.8 Å². The lowest BCUT2D eigenvalue weighted by molar-refractivity contribution is -0.123. The Labute approximate surface area is 203 Å². The van der Waals surface area contributed by atoms with Gasteiger partial charge in [-0.2, -0.15) is 9.82 Å². The third-order valence-corrected chi connectivity index (χ3v) is 6.65. The lowest BCUT2D eigenvalue weighted by Crippen LogP contribution is -2.46. The van der Waals surface area contributed by atoms with Crippen molar-refractivity contribution >= 4 is 38.1 Å². The van der Waals surface area contributed by atoms with Crippen LogP contribution in [0.25, 0.3) is 0 Å². The van der Waals surface area contributed by atoms with Crippen LogP contribution in [-0.2, 0) is 14.8 Å². The molecule has 2 aromatic rings. The molecule has 8 nitrogen and oxygen atoms in total. The second kappa shape index (κ2) is 12.2. The first-order valence-electron chi connectivity index (χ1n) is 10.5. The normalized spacial score (nSPS) is 12.7. The van der Waals surface area contributed by atoms with Gasteiger partial charge >= 0.3 is 0 Å². The number of hydrogen-bond acceptors (Lipinski definition) is 6. The number of halogens is 1. The van der Waals surface area contributed by atoms with Gasteiger partial charge in [0.1, 0.15) is 6.04 Å². The highest BCUT2D eigenvalue weighted by Gasteiger charge is 2.26. The van der Waals surface area contributed by atoms with E-state index in [1.165, 1.54) is 18.3 Å². The molecule has 2 rings (SSSR count). The van der Waals surface area contributed by atoms with Crippen molar-refractivity contribution in [3.63, 3.8) is 0 Å². The maximum atomic E-state index is 12.8. The zero-order valence-corrected chi connectivity index (χ0v) is 21.8. The van der Waals surface area contributed by atoms with E-state index in [1.54, 1.807) is 31.4 Å². The largest absolute Gasteiger partial charge is 0.492 e. The highest BCUT2D eigenvalue weighted by Crippen LogP contribution is 2.36. The maximum absolute atomic E-state index is 12.8.